The van der Waals surface area contributed by atoms with Gasteiger partial charge in [0.05, 0.1) is 46.0 Å². The third-order valence-corrected chi connectivity index (χ3v) is 16.1. The highest BCUT2D eigenvalue weighted by atomic mass is 31.2. The summed E-state index contributed by atoms with van der Waals surface area (Å²) in [5.74, 6) is 1.20. The Bertz CT molecular complexity index is 2350. The number of nitrogens with zero attached hydrogens (tertiary/aromatic N) is 5. The van der Waals surface area contributed by atoms with Crippen LogP contribution in [0.4, 0.5) is 0 Å². The molecular formula is C54H72N5O9P. The van der Waals surface area contributed by atoms with E-state index in [4.69, 9.17) is 28.0 Å². The van der Waals surface area contributed by atoms with Crippen LogP contribution >= 0.6 is 8.53 Å². The van der Waals surface area contributed by atoms with Gasteiger partial charge in [-0.15, -0.1) is 0 Å². The molecule has 15 heteroatoms. The number of aryl methyl sites for hydroxylation is 1. The quantitative estimate of drug-likeness (QED) is 0.0447. The van der Waals surface area contributed by atoms with Gasteiger partial charge in [-0.1, -0.05) is 93.1 Å². The number of benzene rings is 3. The van der Waals surface area contributed by atoms with Crippen molar-refractivity contribution in [1.82, 2.24) is 18.7 Å². The van der Waals surface area contributed by atoms with Gasteiger partial charge < -0.3 is 32.9 Å². The van der Waals surface area contributed by atoms with Crippen LogP contribution in [0.2, 0.25) is 0 Å². The number of ether oxygens (including phenoxy) is 4. The first-order chi connectivity index (χ1) is 33.4. The molecule has 1 saturated heterocycles. The van der Waals surface area contributed by atoms with Gasteiger partial charge in [0.2, 0.25) is 5.91 Å². The number of aromatic nitrogens is 2. The molecule has 7 rings (SSSR count). The predicted molar refractivity (Wildman–Crippen MR) is 267 cm³/mol. The second-order valence-electron chi connectivity index (χ2n) is 19.1. The largest absolute Gasteiger partial charge is 0.497 e. The fourth-order valence-corrected chi connectivity index (χ4v) is 12.3. The first-order valence-corrected chi connectivity index (χ1v) is 26.1. The zero-order valence-electron chi connectivity index (χ0n) is 41.6. The molecule has 3 aromatic carbocycles. The molecule has 0 spiro atoms. The monoisotopic (exact) mass is 966 g/mol. The number of carbonyl (C=O) groups is 1. The van der Waals surface area contributed by atoms with Crippen molar-refractivity contribution in [2.75, 3.05) is 27.4 Å². The maximum atomic E-state index is 14.8. The summed E-state index contributed by atoms with van der Waals surface area (Å²) in [6.45, 7) is 9.80. The van der Waals surface area contributed by atoms with Gasteiger partial charge in [-0.3, -0.25) is 18.7 Å². The molecule has 4 atom stereocenters. The lowest BCUT2D eigenvalue weighted by molar-refractivity contribution is -0.138. The lowest BCUT2D eigenvalue weighted by Crippen LogP contribution is -2.52. The molecule has 69 heavy (non-hydrogen) atoms. The van der Waals surface area contributed by atoms with Gasteiger partial charge in [0.25, 0.3) is 14.1 Å². The SMILES string of the molecule is COc1ccc(C(OC[C@H]2O[C@@H](n3cc(C)c(=O)n(CC(=O)N(C4CCCCC4)C4CCCCC4)c3=O)C[C@@H]2OP(OCCC#N)N(C(C)C)C(C)C)(c2ccccc2)c2ccc(OC)cc2)cc1. The molecule has 1 aromatic heterocycles. The summed E-state index contributed by atoms with van der Waals surface area (Å²) in [7, 11) is 1.51. The van der Waals surface area contributed by atoms with E-state index in [1.165, 1.54) is 4.57 Å². The third-order valence-electron chi connectivity index (χ3n) is 13.9. The van der Waals surface area contributed by atoms with Crippen molar-refractivity contribution in [3.63, 3.8) is 0 Å². The normalized spacial score (nSPS) is 19.8. The minimum absolute atomic E-state index is 0.0115. The molecule has 0 radical (unpaired) electrons. The molecule has 372 valence electrons. The molecule has 1 unspecified atom stereocenters. The Kier molecular flexibility index (Phi) is 18.3. The Morgan fingerprint density at radius 2 is 1.35 bits per heavy atom. The van der Waals surface area contributed by atoms with Gasteiger partial charge in [-0.25, -0.2) is 9.46 Å². The molecular weight excluding hydrogens is 894 g/mol. The molecule has 14 nitrogen and oxygen atoms in total. The van der Waals surface area contributed by atoms with E-state index in [0.29, 0.717) is 17.1 Å². The van der Waals surface area contributed by atoms with Crippen molar-refractivity contribution in [3.8, 4) is 17.6 Å². The molecule has 0 bridgehead atoms. The zero-order chi connectivity index (χ0) is 49.1. The number of nitriles is 1. The average molecular weight is 966 g/mol. The van der Waals surface area contributed by atoms with Crippen LogP contribution in [0.25, 0.3) is 0 Å². The molecule has 4 aromatic rings. The van der Waals surface area contributed by atoms with Gasteiger partial charge in [0, 0.05) is 42.3 Å². The fourth-order valence-electron chi connectivity index (χ4n) is 10.6. The Morgan fingerprint density at radius 3 is 1.86 bits per heavy atom. The molecule has 2 saturated carbocycles. The first kappa shape index (κ1) is 52.0. The minimum Gasteiger partial charge on any atom is -0.497 e. The van der Waals surface area contributed by atoms with Crippen molar-refractivity contribution < 1.29 is 32.8 Å². The summed E-state index contributed by atoms with van der Waals surface area (Å²) in [6, 6.07) is 28.0. The van der Waals surface area contributed by atoms with Gasteiger partial charge in [0.1, 0.15) is 36.0 Å². The van der Waals surface area contributed by atoms with Crippen LogP contribution in [0.5, 0.6) is 11.5 Å². The van der Waals surface area contributed by atoms with Crippen LogP contribution in [0.3, 0.4) is 0 Å². The van der Waals surface area contributed by atoms with E-state index in [-0.39, 0.29) is 62.7 Å². The average Bonchev–Trinajstić information content (AvgIpc) is 3.77. The number of rotatable bonds is 21. The van der Waals surface area contributed by atoms with Gasteiger partial charge in [-0.2, -0.15) is 5.26 Å². The van der Waals surface area contributed by atoms with Crippen LogP contribution in [0.15, 0.2) is 94.6 Å². The maximum Gasteiger partial charge on any atom is 0.333 e. The Morgan fingerprint density at radius 1 is 0.812 bits per heavy atom. The molecule has 2 aliphatic carbocycles. The number of hydrogen-bond acceptors (Lipinski definition) is 11. The lowest BCUT2D eigenvalue weighted by atomic mass is 9.80. The molecule has 1 amide bonds. The van der Waals surface area contributed by atoms with E-state index in [1.807, 2.05) is 78.9 Å². The maximum absolute atomic E-state index is 14.8. The van der Waals surface area contributed by atoms with E-state index in [0.717, 1.165) is 85.5 Å². The number of carbonyl (C=O) groups excluding carboxylic acids is 1. The molecule has 0 N–H and O–H groups in total. The molecule has 2 heterocycles. The summed E-state index contributed by atoms with van der Waals surface area (Å²) >= 11 is 0. The highest BCUT2D eigenvalue weighted by Crippen LogP contribution is 2.51. The highest BCUT2D eigenvalue weighted by molar-refractivity contribution is 7.44. The van der Waals surface area contributed by atoms with E-state index in [9.17, 15) is 19.6 Å². The number of methoxy groups -OCH3 is 2. The van der Waals surface area contributed by atoms with E-state index in [2.05, 4.69) is 43.3 Å². The van der Waals surface area contributed by atoms with E-state index >= 15 is 0 Å². The van der Waals surface area contributed by atoms with Crippen molar-refractivity contribution in [3.05, 3.63) is 128 Å². The Balaban J connectivity index is 1.29. The Hall–Kier alpha value is -4.87. The fraction of sp³-hybridized carbons (Fsp3) is 0.556. The summed E-state index contributed by atoms with van der Waals surface area (Å²) in [4.78, 5) is 45.5. The van der Waals surface area contributed by atoms with Crippen molar-refractivity contribution >= 4 is 14.4 Å². The molecule has 3 aliphatic rings. The first-order valence-electron chi connectivity index (χ1n) is 24.9. The van der Waals surface area contributed by atoms with Crippen LogP contribution in [-0.4, -0.2) is 88.4 Å². The molecule has 3 fully saturated rings. The highest BCUT2D eigenvalue weighted by Gasteiger charge is 2.45. The van der Waals surface area contributed by atoms with E-state index in [1.54, 1.807) is 27.3 Å². The Labute approximate surface area is 409 Å². The van der Waals surface area contributed by atoms with Crippen molar-refractivity contribution in [1.29, 1.82) is 5.26 Å². The van der Waals surface area contributed by atoms with Crippen LogP contribution in [0, 0.1) is 18.3 Å². The summed E-state index contributed by atoms with van der Waals surface area (Å²) < 4.78 is 43.8. The minimum atomic E-state index is -1.75. The summed E-state index contributed by atoms with van der Waals surface area (Å²) in [5, 5.41) is 9.51. The van der Waals surface area contributed by atoms with Crippen LogP contribution in [-0.2, 0) is 35.5 Å². The second-order valence-corrected chi connectivity index (χ2v) is 20.6. The number of hydrogen-bond donors (Lipinski definition) is 0. The van der Waals surface area contributed by atoms with Crippen molar-refractivity contribution in [2.24, 2.45) is 0 Å². The number of amides is 1. The second kappa shape index (κ2) is 24.3. The van der Waals surface area contributed by atoms with Gasteiger partial charge >= 0.3 is 5.69 Å². The predicted octanol–water partition coefficient (Wildman–Crippen LogP) is 9.79. The zero-order valence-corrected chi connectivity index (χ0v) is 42.5. The summed E-state index contributed by atoms with van der Waals surface area (Å²) in [6.07, 6.45) is 9.87. The molecule has 1 aliphatic heterocycles. The van der Waals surface area contributed by atoms with Crippen LogP contribution < -0.4 is 20.7 Å². The lowest BCUT2D eigenvalue weighted by Gasteiger charge is -2.42. The van der Waals surface area contributed by atoms with E-state index < -0.39 is 43.8 Å². The van der Waals surface area contributed by atoms with Gasteiger partial charge in [0.15, 0.2) is 0 Å². The standard InChI is InChI=1S/C54H72N5O9P/c1-38(2)59(39(3)4)69(66-33-17-32-55)68-48-34-51(56-35-40(5)52(61)57(53(56)62)36-50(60)58(44-20-13-9-14-21-44)45-22-15-10-16-23-45)67-49(48)37-65-54(41-18-11-8-12-19-41,42-24-28-46(63-6)29-25-42)43-26-30-47(64-7)31-27-43/h8,11-12,18-19,24-31,35,38-39,44-45,48-49,51H,9-10,13-17,20-23,33-34,36-37H2,1-7H3/t48-,49+,51+,69?/m0/s1. The van der Waals surface area contributed by atoms with Crippen molar-refractivity contribution in [2.45, 2.75) is 166 Å². The van der Waals surface area contributed by atoms with Crippen LogP contribution in [0.1, 0.15) is 133 Å². The summed E-state index contributed by atoms with van der Waals surface area (Å²) in [5.41, 5.74) is 0.542. The van der Waals surface area contributed by atoms with Gasteiger partial charge in [-0.05, 0) is 101 Å². The third kappa shape index (κ3) is 12.0. The topological polar surface area (TPSA) is 147 Å². The smallest absolute Gasteiger partial charge is 0.333 e.